The number of aromatic nitrogens is 8. The number of hydrogen-bond acceptors (Lipinski definition) is 18. The SMILES string of the molecule is CC1=Cc2c(nc3c(=O)[nH]c(=O)[nH]c3[n+]2C[C@H](O)[C@H](O)[C@H](O)COP(=O)(O)OP(=O)(O)OC[C@H]2O[C@@H](n3cnc4c(N)ncnc43)[C@H](O)[C@@H]2O)CC1C. The van der Waals surface area contributed by atoms with Crippen LogP contribution in [-0.4, -0.2) is 120 Å². The van der Waals surface area contributed by atoms with Gasteiger partial charge in [0.15, 0.2) is 17.7 Å². The third kappa shape index (κ3) is 8.00. The lowest BCUT2D eigenvalue weighted by molar-refractivity contribution is -0.684. The van der Waals surface area contributed by atoms with Crippen molar-refractivity contribution in [2.45, 2.75) is 69.7 Å². The predicted octanol–water partition coefficient (Wildman–Crippen LogP) is -3.13. The van der Waals surface area contributed by atoms with Gasteiger partial charge in [-0.15, -0.1) is 0 Å². The number of nitrogens with two attached hydrogens (primary N) is 1. The Hall–Kier alpha value is -3.87. The van der Waals surface area contributed by atoms with Crippen molar-refractivity contribution in [2.75, 3.05) is 18.9 Å². The average Bonchev–Trinajstić information content (AvgIpc) is 3.63. The van der Waals surface area contributed by atoms with Crippen molar-refractivity contribution >= 4 is 49.9 Å². The Morgan fingerprint density at radius 3 is 2.51 bits per heavy atom. The molecule has 10 atom stereocenters. The summed E-state index contributed by atoms with van der Waals surface area (Å²) in [6.45, 7) is 1.10. The van der Waals surface area contributed by atoms with E-state index >= 15 is 0 Å². The van der Waals surface area contributed by atoms with Crippen molar-refractivity contribution in [2.24, 2.45) is 5.92 Å². The van der Waals surface area contributed by atoms with Gasteiger partial charge in [0, 0.05) is 6.42 Å². The van der Waals surface area contributed by atoms with Gasteiger partial charge < -0.3 is 45.8 Å². The summed E-state index contributed by atoms with van der Waals surface area (Å²) in [5, 5.41) is 53.1. The van der Waals surface area contributed by atoms with Gasteiger partial charge in [-0.25, -0.2) is 38.4 Å². The zero-order chi connectivity index (χ0) is 38.6. The van der Waals surface area contributed by atoms with E-state index in [1.165, 1.54) is 15.5 Å². The Labute approximate surface area is 296 Å². The van der Waals surface area contributed by atoms with Gasteiger partial charge in [0.1, 0.15) is 60.7 Å². The zero-order valence-electron chi connectivity index (χ0n) is 27.7. The molecule has 24 nitrogen and oxygen atoms in total. The largest absolute Gasteiger partial charge is 0.481 e. The van der Waals surface area contributed by atoms with Crippen molar-refractivity contribution in [1.82, 2.24) is 34.5 Å². The summed E-state index contributed by atoms with van der Waals surface area (Å²) in [6, 6.07) is 0. The second kappa shape index (κ2) is 14.8. The first-order valence-corrected chi connectivity index (χ1v) is 18.8. The quantitative estimate of drug-likeness (QED) is 0.0473. The smallest absolute Gasteiger partial charge is 0.388 e. The molecule has 5 heterocycles. The fraction of sp³-hybridized carbons (Fsp3) is 0.519. The van der Waals surface area contributed by atoms with E-state index in [0.29, 0.717) is 17.8 Å². The topological polar surface area (TPSA) is 365 Å². The third-order valence-corrected chi connectivity index (χ3v) is 11.4. The van der Waals surface area contributed by atoms with Crippen LogP contribution in [0, 0.1) is 5.92 Å². The van der Waals surface area contributed by atoms with E-state index in [1.54, 1.807) is 6.08 Å². The summed E-state index contributed by atoms with van der Waals surface area (Å²) in [5.41, 5.74) is 5.97. The number of aliphatic hydroxyl groups excluding tert-OH is 5. The van der Waals surface area contributed by atoms with Crippen LogP contribution < -0.4 is 21.5 Å². The number of H-pyrrole nitrogens is 2. The van der Waals surface area contributed by atoms with Gasteiger partial charge >= 0.3 is 27.0 Å². The van der Waals surface area contributed by atoms with Crippen LogP contribution in [0.1, 0.15) is 31.5 Å². The maximum Gasteiger partial charge on any atom is 0.481 e. The Balaban J connectivity index is 1.07. The summed E-state index contributed by atoms with van der Waals surface area (Å²) in [5.74, 6) is 0.0892. The molecule has 1 fully saturated rings. The molecule has 1 aliphatic carbocycles. The lowest BCUT2D eigenvalue weighted by atomic mass is 9.90. The summed E-state index contributed by atoms with van der Waals surface area (Å²) >= 11 is 0. The van der Waals surface area contributed by atoms with Gasteiger partial charge in [-0.2, -0.15) is 9.29 Å². The van der Waals surface area contributed by atoms with Crippen LogP contribution >= 0.6 is 15.6 Å². The first-order valence-electron chi connectivity index (χ1n) is 15.8. The van der Waals surface area contributed by atoms with Crippen LogP contribution in [-0.2, 0) is 40.2 Å². The number of ether oxygens (including phenoxy) is 1. The molecule has 4 aromatic heterocycles. The van der Waals surface area contributed by atoms with E-state index in [2.05, 4.69) is 38.7 Å². The predicted molar refractivity (Wildman–Crippen MR) is 176 cm³/mol. The molecule has 1 aliphatic heterocycles. The van der Waals surface area contributed by atoms with E-state index in [-0.39, 0.29) is 34.1 Å². The number of hydrogen-bond donors (Lipinski definition) is 10. The molecular weight excluding hydrogens is 752 g/mol. The number of nitrogens with zero attached hydrogens (tertiary/aromatic N) is 6. The van der Waals surface area contributed by atoms with Crippen molar-refractivity contribution in [3.05, 3.63) is 50.5 Å². The van der Waals surface area contributed by atoms with E-state index in [0.717, 1.165) is 11.9 Å². The highest BCUT2D eigenvalue weighted by Crippen LogP contribution is 2.60. The number of nitrogen functional groups attached to an aromatic ring is 1. The molecule has 4 aromatic rings. The third-order valence-electron chi connectivity index (χ3n) is 8.82. The second-order valence-corrected chi connectivity index (χ2v) is 15.6. The number of rotatable bonds is 13. The van der Waals surface area contributed by atoms with Crippen LogP contribution in [0.4, 0.5) is 5.82 Å². The molecule has 0 aromatic carbocycles. The Morgan fingerprint density at radius 2 is 1.77 bits per heavy atom. The Morgan fingerprint density at radius 1 is 1.06 bits per heavy atom. The molecule has 11 N–H and O–H groups in total. The van der Waals surface area contributed by atoms with E-state index in [4.69, 9.17) is 15.0 Å². The molecule has 26 heteroatoms. The highest BCUT2D eigenvalue weighted by Gasteiger charge is 2.46. The molecule has 0 amide bonds. The summed E-state index contributed by atoms with van der Waals surface area (Å²) in [4.78, 5) is 65.6. The van der Waals surface area contributed by atoms with Crippen LogP contribution in [0.15, 0.2) is 27.8 Å². The molecule has 0 radical (unpaired) electrons. The lowest BCUT2D eigenvalue weighted by Crippen LogP contribution is -2.52. The zero-order valence-corrected chi connectivity index (χ0v) is 29.5. The van der Waals surface area contributed by atoms with E-state index in [1.807, 2.05) is 13.8 Å². The Kier molecular flexibility index (Phi) is 10.8. The number of allylic oxidation sites excluding steroid dienone is 1. The average molecular weight is 789 g/mol. The molecule has 6 rings (SSSR count). The number of imidazole rings is 1. The fourth-order valence-electron chi connectivity index (χ4n) is 5.86. The number of nitrogens with one attached hydrogen (secondary N) is 2. The molecule has 288 valence electrons. The van der Waals surface area contributed by atoms with Crippen molar-refractivity contribution in [3.63, 3.8) is 0 Å². The van der Waals surface area contributed by atoms with Gasteiger partial charge in [0.05, 0.1) is 25.2 Å². The molecule has 2 aliphatic rings. The van der Waals surface area contributed by atoms with Crippen LogP contribution in [0.25, 0.3) is 28.4 Å². The number of anilines is 1. The summed E-state index contributed by atoms with van der Waals surface area (Å²) in [6.07, 6.45) is -7.67. The minimum atomic E-state index is -5.53. The number of phosphoric acid groups is 2. The minimum Gasteiger partial charge on any atom is -0.388 e. The van der Waals surface area contributed by atoms with Gasteiger partial charge in [0.25, 0.3) is 5.56 Å². The van der Waals surface area contributed by atoms with E-state index in [9.17, 15) is 54.0 Å². The minimum absolute atomic E-state index is 0.0321. The molecule has 53 heavy (non-hydrogen) atoms. The normalized spacial score (nSPS) is 25.8. The number of fused-ring (bicyclic) bond motifs is 3. The number of aliphatic hydroxyl groups is 5. The maximum absolute atomic E-state index is 12.5. The standard InChI is InChI=1S/C27H35N9O15P2/c1-10-3-12-13(4-11(10)2)35(24-18(32-12)25(42)34-27(43)33-24)5-14(37)19(39)15(38)6-48-52(44,45)51-53(46,47)49-7-16-20(40)21(41)26(50-16)36-9-31-17-22(28)29-8-30-23(17)36/h4,8-10,14-16,19-21,26,37-41H,3,5-7H2,1-2H3,(H5,28,29,30,34,42,43,44,45,46,47)/p+1/t10?,14-,15+,16+,19-,20+,21+,26+/m0/s1. The monoisotopic (exact) mass is 788 g/mol. The number of phosphoric ester groups is 2. The summed E-state index contributed by atoms with van der Waals surface area (Å²) in [7, 11) is -11.0. The van der Waals surface area contributed by atoms with Crippen molar-refractivity contribution < 1.29 is 67.1 Å². The van der Waals surface area contributed by atoms with Crippen LogP contribution in [0.3, 0.4) is 0 Å². The van der Waals surface area contributed by atoms with Crippen LogP contribution in [0.5, 0.6) is 0 Å². The molecule has 0 saturated carbocycles. The second-order valence-electron chi connectivity index (χ2n) is 12.5. The molecule has 3 unspecified atom stereocenters. The lowest BCUT2D eigenvalue weighted by Gasteiger charge is -2.25. The first kappa shape index (κ1) is 38.8. The highest BCUT2D eigenvalue weighted by molar-refractivity contribution is 7.61. The van der Waals surface area contributed by atoms with Gasteiger partial charge in [-0.05, 0) is 18.9 Å². The summed E-state index contributed by atoms with van der Waals surface area (Å²) < 4.78 is 46.7. The molecule has 0 bridgehead atoms. The maximum atomic E-state index is 12.5. The van der Waals surface area contributed by atoms with Crippen LogP contribution in [0.2, 0.25) is 0 Å². The van der Waals surface area contributed by atoms with Gasteiger partial charge in [0.2, 0.25) is 5.52 Å². The van der Waals surface area contributed by atoms with Crippen molar-refractivity contribution in [3.8, 4) is 0 Å². The molecular formula is C27H36N9O15P2+. The Bertz CT molecular complexity index is 2280. The molecule has 0 spiro atoms. The van der Waals surface area contributed by atoms with Crippen molar-refractivity contribution in [1.29, 1.82) is 0 Å². The van der Waals surface area contributed by atoms with Gasteiger partial charge in [-0.3, -0.25) is 23.4 Å². The molecule has 1 saturated heterocycles. The van der Waals surface area contributed by atoms with Gasteiger partial charge in [-0.1, -0.05) is 12.5 Å². The highest BCUT2D eigenvalue weighted by atomic mass is 31.3. The van der Waals surface area contributed by atoms with E-state index < -0.39 is 89.5 Å². The fourth-order valence-corrected chi connectivity index (χ4v) is 7.96. The first-order chi connectivity index (χ1) is 24.9. The number of aromatic amines is 2.